The van der Waals surface area contributed by atoms with Crippen LogP contribution in [0.2, 0.25) is 5.21 Å². The molecule has 48 valence electrons. The SMILES string of the molecule is [AsH2]CCc1ccccn1. The fraction of sp³-hybridized carbons (Fsp3) is 0.286. The maximum absolute atomic E-state index is 4.18. The summed E-state index contributed by atoms with van der Waals surface area (Å²) in [5.41, 5.74) is 1.21. The van der Waals surface area contributed by atoms with Crippen molar-refractivity contribution in [2.24, 2.45) is 0 Å². The molecule has 0 saturated carbocycles. The summed E-state index contributed by atoms with van der Waals surface area (Å²) in [5, 5.41) is 1.24. The first kappa shape index (κ1) is 6.82. The Hall–Kier alpha value is -0.292. The Balaban J connectivity index is 2.61. The molecule has 0 aliphatic carbocycles. The molecular weight excluding hydrogens is 173 g/mol. The zero-order valence-electron chi connectivity index (χ0n) is 5.25. The molecule has 0 amide bonds. The van der Waals surface area contributed by atoms with Gasteiger partial charge in [0, 0.05) is 0 Å². The molecule has 0 fully saturated rings. The number of pyridine rings is 1. The second-order valence-electron chi connectivity index (χ2n) is 1.86. The third-order valence-corrected chi connectivity index (χ3v) is 1.73. The molecule has 1 unspecified atom stereocenters. The van der Waals surface area contributed by atoms with Gasteiger partial charge in [-0.15, -0.1) is 0 Å². The van der Waals surface area contributed by atoms with E-state index in [1.807, 2.05) is 18.3 Å². The van der Waals surface area contributed by atoms with Gasteiger partial charge in [0.1, 0.15) is 0 Å². The van der Waals surface area contributed by atoms with Crippen molar-refractivity contribution in [2.45, 2.75) is 11.6 Å². The van der Waals surface area contributed by atoms with Crippen LogP contribution in [-0.2, 0) is 6.42 Å². The van der Waals surface area contributed by atoms with Gasteiger partial charge in [0.05, 0.1) is 0 Å². The van der Waals surface area contributed by atoms with E-state index < -0.39 is 0 Å². The Morgan fingerprint density at radius 1 is 1.44 bits per heavy atom. The van der Waals surface area contributed by atoms with Crippen LogP contribution in [0.1, 0.15) is 5.69 Å². The normalized spacial score (nSPS) is 9.44. The fourth-order valence-electron chi connectivity index (χ4n) is 0.694. The standard InChI is InChI=1S/C7H10AsN/c8-5-4-7-3-1-2-6-9-7/h1-3,6H,4-5,8H2. The second kappa shape index (κ2) is 3.68. The van der Waals surface area contributed by atoms with Gasteiger partial charge >= 0.3 is 63.6 Å². The summed E-state index contributed by atoms with van der Waals surface area (Å²) >= 11 is 1.77. The van der Waals surface area contributed by atoms with Gasteiger partial charge in [0.15, 0.2) is 0 Å². The predicted molar refractivity (Wildman–Crippen MR) is 41.3 cm³/mol. The first-order valence-corrected chi connectivity index (χ1v) is 4.75. The molecule has 0 aliphatic heterocycles. The monoisotopic (exact) mass is 183 g/mol. The van der Waals surface area contributed by atoms with Gasteiger partial charge in [-0.25, -0.2) is 0 Å². The van der Waals surface area contributed by atoms with E-state index in [0.717, 1.165) is 6.42 Å². The molecule has 9 heavy (non-hydrogen) atoms. The van der Waals surface area contributed by atoms with E-state index in [4.69, 9.17) is 0 Å². The van der Waals surface area contributed by atoms with Crippen molar-refractivity contribution in [1.29, 1.82) is 0 Å². The summed E-state index contributed by atoms with van der Waals surface area (Å²) in [4.78, 5) is 4.18. The molecule has 1 atom stereocenters. The minimum absolute atomic E-state index is 1.13. The maximum atomic E-state index is 4.18. The Labute approximate surface area is 64.0 Å². The van der Waals surface area contributed by atoms with Crippen LogP contribution >= 0.6 is 0 Å². The van der Waals surface area contributed by atoms with Crippen LogP contribution in [0.4, 0.5) is 0 Å². The van der Waals surface area contributed by atoms with E-state index in [0.29, 0.717) is 0 Å². The molecular formula is C7H10AsN. The summed E-state index contributed by atoms with van der Waals surface area (Å²) < 4.78 is 0. The van der Waals surface area contributed by atoms with Crippen molar-refractivity contribution in [3.05, 3.63) is 30.1 Å². The molecule has 0 aromatic carbocycles. The molecule has 0 radical (unpaired) electrons. The number of hydrogen-bond donors (Lipinski definition) is 0. The summed E-state index contributed by atoms with van der Waals surface area (Å²) in [6.45, 7) is 0. The van der Waals surface area contributed by atoms with E-state index in [2.05, 4.69) is 11.1 Å². The van der Waals surface area contributed by atoms with Crippen molar-refractivity contribution in [1.82, 2.24) is 4.98 Å². The number of rotatable bonds is 2. The van der Waals surface area contributed by atoms with E-state index in [1.54, 1.807) is 16.9 Å². The van der Waals surface area contributed by atoms with E-state index in [-0.39, 0.29) is 0 Å². The number of hydrogen-bond acceptors (Lipinski definition) is 1. The molecule has 0 saturated heterocycles. The fourth-order valence-corrected chi connectivity index (χ4v) is 1.31. The third-order valence-electron chi connectivity index (χ3n) is 1.13. The van der Waals surface area contributed by atoms with Gasteiger partial charge in [0.2, 0.25) is 0 Å². The molecule has 0 bridgehead atoms. The molecule has 1 nitrogen and oxygen atoms in total. The number of aryl methyl sites for hydroxylation is 1. The van der Waals surface area contributed by atoms with E-state index in [9.17, 15) is 0 Å². The Morgan fingerprint density at radius 3 is 2.89 bits per heavy atom. The molecule has 1 rings (SSSR count). The van der Waals surface area contributed by atoms with Crippen LogP contribution in [0, 0.1) is 0 Å². The van der Waals surface area contributed by atoms with Crippen molar-refractivity contribution >= 4 is 16.9 Å². The molecule has 1 heterocycles. The van der Waals surface area contributed by atoms with E-state index in [1.165, 1.54) is 10.9 Å². The van der Waals surface area contributed by atoms with Crippen molar-refractivity contribution in [3.8, 4) is 0 Å². The summed E-state index contributed by atoms with van der Waals surface area (Å²) in [6.07, 6.45) is 2.97. The Morgan fingerprint density at radius 2 is 2.33 bits per heavy atom. The van der Waals surface area contributed by atoms with Gasteiger partial charge in [0.25, 0.3) is 0 Å². The summed E-state index contributed by atoms with van der Waals surface area (Å²) in [5.74, 6) is 0. The molecule has 0 aliphatic rings. The quantitative estimate of drug-likeness (QED) is 0.614. The average Bonchev–Trinajstić information content (AvgIpc) is 1.91. The molecule has 1 aromatic heterocycles. The molecule has 2 heteroatoms. The summed E-state index contributed by atoms with van der Waals surface area (Å²) in [6, 6.07) is 6.05. The van der Waals surface area contributed by atoms with Crippen LogP contribution < -0.4 is 0 Å². The van der Waals surface area contributed by atoms with Crippen LogP contribution in [0.25, 0.3) is 0 Å². The average molecular weight is 183 g/mol. The number of nitrogens with zero attached hydrogens (tertiary/aromatic N) is 1. The van der Waals surface area contributed by atoms with Crippen molar-refractivity contribution < 1.29 is 0 Å². The molecule has 1 aromatic rings. The van der Waals surface area contributed by atoms with Gasteiger partial charge in [-0.2, -0.15) is 0 Å². The van der Waals surface area contributed by atoms with E-state index >= 15 is 0 Å². The predicted octanol–water partition coefficient (Wildman–Crippen LogP) is 0.675. The zero-order valence-corrected chi connectivity index (χ0v) is 7.67. The van der Waals surface area contributed by atoms with Crippen molar-refractivity contribution in [2.75, 3.05) is 0 Å². The van der Waals surface area contributed by atoms with Crippen LogP contribution in [0.3, 0.4) is 0 Å². The van der Waals surface area contributed by atoms with Gasteiger partial charge < -0.3 is 0 Å². The summed E-state index contributed by atoms with van der Waals surface area (Å²) in [7, 11) is 0. The van der Waals surface area contributed by atoms with Gasteiger partial charge in [-0.1, -0.05) is 0 Å². The van der Waals surface area contributed by atoms with Crippen molar-refractivity contribution in [3.63, 3.8) is 0 Å². The third kappa shape index (κ3) is 2.19. The molecule has 0 spiro atoms. The topological polar surface area (TPSA) is 12.9 Å². The van der Waals surface area contributed by atoms with Gasteiger partial charge in [-0.3, -0.25) is 0 Å². The first-order valence-electron chi connectivity index (χ1n) is 3.03. The minimum atomic E-state index is 1.13. The van der Waals surface area contributed by atoms with Gasteiger partial charge in [-0.05, 0) is 0 Å². The number of aromatic nitrogens is 1. The van der Waals surface area contributed by atoms with Crippen LogP contribution in [-0.4, -0.2) is 21.8 Å². The molecule has 0 N–H and O–H groups in total. The Kier molecular flexibility index (Phi) is 2.79. The second-order valence-corrected chi connectivity index (χ2v) is 3.07. The zero-order chi connectivity index (χ0) is 6.53. The van der Waals surface area contributed by atoms with Crippen LogP contribution in [0.5, 0.6) is 0 Å². The first-order chi connectivity index (χ1) is 4.43. The Bertz CT molecular complexity index is 162. The van der Waals surface area contributed by atoms with Crippen LogP contribution in [0.15, 0.2) is 24.4 Å².